The van der Waals surface area contributed by atoms with Gasteiger partial charge in [-0.3, -0.25) is 14.4 Å². The number of nitrogens with one attached hydrogen (secondary N) is 2. The number of carbonyl (C=O) groups excluding carboxylic acids is 3. The summed E-state index contributed by atoms with van der Waals surface area (Å²) in [6.45, 7) is -0.116. The smallest absolute Gasteiger partial charge is 0.243 e. The number of fused-ring (bicyclic) bond motifs is 1. The second kappa shape index (κ2) is 8.63. The molecular weight excluding hydrogens is 374 g/mol. The quantitative estimate of drug-likeness (QED) is 0.766. The number of thioether (sulfide) groups is 1. The summed E-state index contributed by atoms with van der Waals surface area (Å²) in [4.78, 5) is 39.2. The number of benzene rings is 2. The molecule has 0 radical (unpaired) electrons. The summed E-state index contributed by atoms with van der Waals surface area (Å²) in [5.41, 5.74) is 1.98. The largest absolute Gasteiger partial charge is 0.336 e. The van der Waals surface area contributed by atoms with Crippen LogP contribution in [0.2, 0.25) is 0 Å². The topological polar surface area (TPSA) is 78.5 Å². The molecule has 7 heteroatoms. The summed E-state index contributed by atoms with van der Waals surface area (Å²) < 4.78 is 0. The first-order chi connectivity index (χ1) is 13.5. The standard InChI is InChI=1S/C21H19N3O3S/c1-3-14-7-6-8-15(11-14)22-19(25)13-24(2)20(26)12-18-21(27)23-16-9-4-5-10-17(16)28-18/h1,4-11,18H,12-13H2,2H3,(H,22,25)(H,23,27). The lowest BCUT2D eigenvalue weighted by Gasteiger charge is -2.25. The molecule has 2 aromatic carbocycles. The lowest BCUT2D eigenvalue weighted by molar-refractivity contribution is -0.134. The van der Waals surface area contributed by atoms with Crippen LogP contribution in [0.1, 0.15) is 12.0 Å². The van der Waals surface area contributed by atoms with E-state index in [0.29, 0.717) is 11.3 Å². The molecule has 0 bridgehead atoms. The van der Waals surface area contributed by atoms with Crippen LogP contribution in [0.15, 0.2) is 53.4 Å². The molecule has 6 nitrogen and oxygen atoms in total. The summed E-state index contributed by atoms with van der Waals surface area (Å²) >= 11 is 1.36. The third kappa shape index (κ3) is 4.72. The molecule has 3 rings (SSSR count). The molecule has 0 aromatic heterocycles. The average molecular weight is 393 g/mol. The lowest BCUT2D eigenvalue weighted by Crippen LogP contribution is -2.39. The minimum absolute atomic E-state index is 0.0151. The number of anilines is 2. The Labute approximate surface area is 167 Å². The predicted molar refractivity (Wildman–Crippen MR) is 110 cm³/mol. The van der Waals surface area contributed by atoms with Gasteiger partial charge in [0.2, 0.25) is 17.7 Å². The molecule has 0 spiro atoms. The van der Waals surface area contributed by atoms with Gasteiger partial charge in [0.25, 0.3) is 0 Å². The molecule has 1 aliphatic rings. The monoisotopic (exact) mass is 393 g/mol. The molecule has 2 aromatic rings. The van der Waals surface area contributed by atoms with E-state index in [9.17, 15) is 14.4 Å². The van der Waals surface area contributed by atoms with Crippen molar-refractivity contribution in [3.8, 4) is 12.3 Å². The van der Waals surface area contributed by atoms with E-state index in [1.165, 1.54) is 16.7 Å². The van der Waals surface area contributed by atoms with Crippen molar-refractivity contribution in [1.82, 2.24) is 4.90 Å². The first kappa shape index (κ1) is 19.5. The SMILES string of the molecule is C#Cc1cccc(NC(=O)CN(C)C(=O)CC2Sc3ccccc3NC2=O)c1. The van der Waals surface area contributed by atoms with Crippen LogP contribution in [0, 0.1) is 12.3 Å². The number of hydrogen-bond acceptors (Lipinski definition) is 4. The lowest BCUT2D eigenvalue weighted by atomic mass is 10.2. The third-order valence-corrected chi connectivity index (χ3v) is 5.46. The number of hydrogen-bond donors (Lipinski definition) is 2. The highest BCUT2D eigenvalue weighted by Gasteiger charge is 2.30. The molecule has 1 aliphatic heterocycles. The van der Waals surface area contributed by atoms with Crippen molar-refractivity contribution in [3.05, 3.63) is 54.1 Å². The summed E-state index contributed by atoms with van der Waals surface area (Å²) in [6.07, 6.45) is 5.36. The van der Waals surface area contributed by atoms with Crippen LogP contribution in [0.3, 0.4) is 0 Å². The molecule has 2 N–H and O–H groups in total. The normalized spacial score (nSPS) is 15.0. The van der Waals surface area contributed by atoms with Gasteiger partial charge in [0.1, 0.15) is 0 Å². The Balaban J connectivity index is 1.55. The van der Waals surface area contributed by atoms with Crippen molar-refractivity contribution in [3.63, 3.8) is 0 Å². The van der Waals surface area contributed by atoms with Gasteiger partial charge in [-0.15, -0.1) is 18.2 Å². The Bertz CT molecular complexity index is 967. The van der Waals surface area contributed by atoms with Crippen LogP contribution < -0.4 is 10.6 Å². The second-order valence-electron chi connectivity index (χ2n) is 6.32. The van der Waals surface area contributed by atoms with Gasteiger partial charge in [0.15, 0.2) is 0 Å². The zero-order chi connectivity index (χ0) is 20.1. The van der Waals surface area contributed by atoms with Gasteiger partial charge in [0.05, 0.1) is 17.5 Å². The number of likely N-dealkylation sites (N-methyl/N-ethyl adjacent to an activating group) is 1. The van der Waals surface area contributed by atoms with E-state index in [0.717, 1.165) is 10.6 Å². The van der Waals surface area contributed by atoms with Gasteiger partial charge in [-0.05, 0) is 30.3 Å². The predicted octanol–water partition coefficient (Wildman–Crippen LogP) is 2.57. The van der Waals surface area contributed by atoms with Crippen molar-refractivity contribution >= 4 is 40.9 Å². The summed E-state index contributed by atoms with van der Waals surface area (Å²) in [7, 11) is 1.54. The molecule has 1 unspecified atom stereocenters. The van der Waals surface area contributed by atoms with Crippen LogP contribution in [-0.2, 0) is 14.4 Å². The number of rotatable bonds is 5. The fraction of sp³-hybridized carbons (Fsp3) is 0.190. The van der Waals surface area contributed by atoms with Crippen molar-refractivity contribution in [2.75, 3.05) is 24.2 Å². The minimum atomic E-state index is -0.528. The number of carbonyl (C=O) groups is 3. The molecule has 0 saturated heterocycles. The van der Waals surface area contributed by atoms with Crippen molar-refractivity contribution in [2.45, 2.75) is 16.6 Å². The molecule has 28 heavy (non-hydrogen) atoms. The Morgan fingerprint density at radius 1 is 1.25 bits per heavy atom. The molecular formula is C21H19N3O3S. The highest BCUT2D eigenvalue weighted by molar-refractivity contribution is 8.01. The maximum atomic E-state index is 12.5. The zero-order valence-electron chi connectivity index (χ0n) is 15.3. The first-order valence-electron chi connectivity index (χ1n) is 8.63. The Morgan fingerprint density at radius 3 is 2.82 bits per heavy atom. The van der Waals surface area contributed by atoms with Gasteiger partial charge in [-0.1, -0.05) is 24.1 Å². The van der Waals surface area contributed by atoms with Crippen LogP contribution in [-0.4, -0.2) is 41.5 Å². The molecule has 0 saturated carbocycles. The molecule has 3 amide bonds. The highest BCUT2D eigenvalue weighted by Crippen LogP contribution is 2.36. The van der Waals surface area contributed by atoms with Gasteiger partial charge >= 0.3 is 0 Å². The average Bonchev–Trinajstić information content (AvgIpc) is 2.68. The summed E-state index contributed by atoms with van der Waals surface area (Å²) in [5.74, 6) is 1.68. The number of terminal acetylenes is 1. The van der Waals surface area contributed by atoms with E-state index in [-0.39, 0.29) is 30.7 Å². The molecule has 142 valence electrons. The van der Waals surface area contributed by atoms with Gasteiger partial charge in [-0.2, -0.15) is 0 Å². The van der Waals surface area contributed by atoms with Crippen LogP contribution in [0.5, 0.6) is 0 Å². The van der Waals surface area contributed by atoms with Crippen molar-refractivity contribution in [1.29, 1.82) is 0 Å². The zero-order valence-corrected chi connectivity index (χ0v) is 16.1. The van der Waals surface area contributed by atoms with Crippen molar-refractivity contribution < 1.29 is 14.4 Å². The molecule has 1 atom stereocenters. The number of nitrogens with zero attached hydrogens (tertiary/aromatic N) is 1. The van der Waals surface area contributed by atoms with Gasteiger partial charge < -0.3 is 15.5 Å². The second-order valence-corrected chi connectivity index (χ2v) is 7.56. The summed E-state index contributed by atoms with van der Waals surface area (Å²) in [6, 6.07) is 14.4. The Hall–Kier alpha value is -3.24. The number of para-hydroxylation sites is 1. The van der Waals surface area contributed by atoms with E-state index >= 15 is 0 Å². The Kier molecular flexibility index (Phi) is 6.02. The van der Waals surface area contributed by atoms with E-state index in [1.54, 1.807) is 31.3 Å². The van der Waals surface area contributed by atoms with Gasteiger partial charge in [0, 0.05) is 29.6 Å². The van der Waals surface area contributed by atoms with Gasteiger partial charge in [-0.25, -0.2) is 0 Å². The third-order valence-electron chi connectivity index (χ3n) is 4.19. The summed E-state index contributed by atoms with van der Waals surface area (Å²) in [5, 5.41) is 5.00. The molecule has 0 fully saturated rings. The van der Waals surface area contributed by atoms with Crippen LogP contribution in [0.4, 0.5) is 11.4 Å². The van der Waals surface area contributed by atoms with E-state index in [4.69, 9.17) is 6.42 Å². The maximum absolute atomic E-state index is 12.5. The van der Waals surface area contributed by atoms with Crippen LogP contribution >= 0.6 is 11.8 Å². The Morgan fingerprint density at radius 2 is 2.04 bits per heavy atom. The maximum Gasteiger partial charge on any atom is 0.243 e. The van der Waals surface area contributed by atoms with Crippen molar-refractivity contribution in [2.24, 2.45) is 0 Å². The van der Waals surface area contributed by atoms with E-state index in [2.05, 4.69) is 16.6 Å². The molecule has 1 heterocycles. The van der Waals surface area contributed by atoms with E-state index < -0.39 is 5.25 Å². The fourth-order valence-corrected chi connectivity index (χ4v) is 3.83. The number of amides is 3. The minimum Gasteiger partial charge on any atom is -0.336 e. The fourth-order valence-electron chi connectivity index (χ4n) is 2.73. The van der Waals surface area contributed by atoms with Crippen LogP contribution in [0.25, 0.3) is 0 Å². The highest BCUT2D eigenvalue weighted by atomic mass is 32.2. The molecule has 0 aliphatic carbocycles. The van der Waals surface area contributed by atoms with E-state index in [1.807, 2.05) is 24.3 Å². The first-order valence-corrected chi connectivity index (χ1v) is 9.51.